The molecule has 0 aliphatic carbocycles. The topological polar surface area (TPSA) is 101 Å². The summed E-state index contributed by atoms with van der Waals surface area (Å²) < 4.78 is 65.4. The van der Waals surface area contributed by atoms with Crippen molar-refractivity contribution in [3.63, 3.8) is 0 Å². The van der Waals surface area contributed by atoms with Gasteiger partial charge in [-0.05, 0) is 37.1 Å². The van der Waals surface area contributed by atoms with Gasteiger partial charge in [0.1, 0.15) is 5.56 Å². The number of benzene rings is 1. The molecule has 0 spiro atoms. The molecular formula is C16H21F3N2O5S2. The molecule has 7 nitrogen and oxygen atoms in total. The van der Waals surface area contributed by atoms with Crippen LogP contribution < -0.4 is 4.31 Å². The Morgan fingerprint density at radius 3 is 2.46 bits per heavy atom. The molecule has 0 fully saturated rings. The van der Waals surface area contributed by atoms with Crippen LogP contribution in [0.4, 0.5) is 24.5 Å². The van der Waals surface area contributed by atoms with Crippen molar-refractivity contribution >= 4 is 33.2 Å². The molecule has 12 heteroatoms. The number of hydrogen-bond acceptors (Lipinski definition) is 6. The number of nitro groups is 1. The van der Waals surface area contributed by atoms with Crippen LogP contribution in [0.2, 0.25) is 0 Å². The molecule has 0 radical (unpaired) electrons. The SMILES string of the molecule is CCCSCC(C)(O)C1Cc2cc([N+](=O)[O-])c(C(F)(F)F)cc2N1S(C)(=O)=O. The highest BCUT2D eigenvalue weighted by Crippen LogP contribution is 2.46. The average molecular weight is 442 g/mol. The van der Waals surface area contributed by atoms with Crippen molar-refractivity contribution in [1.29, 1.82) is 0 Å². The third-order valence-corrected chi connectivity index (χ3v) is 7.10. The maximum Gasteiger partial charge on any atom is 0.423 e. The van der Waals surface area contributed by atoms with E-state index in [4.69, 9.17) is 0 Å². The van der Waals surface area contributed by atoms with E-state index in [-0.39, 0.29) is 23.4 Å². The van der Waals surface area contributed by atoms with Gasteiger partial charge < -0.3 is 5.11 Å². The van der Waals surface area contributed by atoms with Crippen LogP contribution >= 0.6 is 11.8 Å². The minimum absolute atomic E-state index is 0.0795. The molecule has 1 aromatic carbocycles. The summed E-state index contributed by atoms with van der Waals surface area (Å²) in [5.41, 5.74) is -4.41. The molecular weight excluding hydrogens is 421 g/mol. The summed E-state index contributed by atoms with van der Waals surface area (Å²) in [6.45, 7) is 3.36. The van der Waals surface area contributed by atoms with Crippen molar-refractivity contribution in [2.24, 2.45) is 0 Å². The number of hydrogen-bond donors (Lipinski definition) is 1. The van der Waals surface area contributed by atoms with Gasteiger partial charge >= 0.3 is 6.18 Å². The molecule has 1 heterocycles. The minimum atomic E-state index is -5.03. The van der Waals surface area contributed by atoms with E-state index in [1.807, 2.05) is 6.92 Å². The quantitative estimate of drug-likeness (QED) is 0.395. The first-order chi connectivity index (χ1) is 12.7. The zero-order valence-corrected chi connectivity index (χ0v) is 17.1. The minimum Gasteiger partial charge on any atom is -0.387 e. The molecule has 0 saturated carbocycles. The molecule has 2 atom stereocenters. The van der Waals surface area contributed by atoms with E-state index in [9.17, 15) is 36.8 Å². The molecule has 0 saturated heterocycles. The van der Waals surface area contributed by atoms with Crippen LogP contribution in [0.1, 0.15) is 31.4 Å². The first-order valence-corrected chi connectivity index (χ1v) is 11.4. The van der Waals surface area contributed by atoms with Crippen LogP contribution in [0.15, 0.2) is 12.1 Å². The average Bonchev–Trinajstić information content (AvgIpc) is 2.92. The van der Waals surface area contributed by atoms with E-state index in [0.717, 1.165) is 28.8 Å². The molecule has 1 aromatic rings. The number of anilines is 1. The first kappa shape index (κ1) is 22.8. The number of thioether (sulfide) groups is 1. The summed E-state index contributed by atoms with van der Waals surface area (Å²) in [7, 11) is -4.05. The second kappa shape index (κ2) is 7.71. The Morgan fingerprint density at radius 1 is 1.39 bits per heavy atom. The molecule has 1 N–H and O–H groups in total. The zero-order valence-electron chi connectivity index (χ0n) is 15.5. The molecule has 1 aliphatic heterocycles. The molecule has 2 rings (SSSR count). The summed E-state index contributed by atoms with van der Waals surface area (Å²) in [6, 6.07) is 0.181. The lowest BCUT2D eigenvalue weighted by Crippen LogP contribution is -2.53. The fraction of sp³-hybridized carbons (Fsp3) is 0.625. The van der Waals surface area contributed by atoms with E-state index in [1.54, 1.807) is 0 Å². The van der Waals surface area contributed by atoms with Gasteiger partial charge in [-0.1, -0.05) is 6.92 Å². The molecule has 0 bridgehead atoms. The molecule has 1 aliphatic rings. The number of fused-ring (bicyclic) bond motifs is 1. The van der Waals surface area contributed by atoms with Gasteiger partial charge in [-0.2, -0.15) is 24.9 Å². The second-order valence-corrected chi connectivity index (χ2v) is 9.91. The number of alkyl halides is 3. The highest BCUT2D eigenvalue weighted by Gasteiger charge is 2.48. The highest BCUT2D eigenvalue weighted by molar-refractivity contribution is 7.99. The van der Waals surface area contributed by atoms with Gasteiger partial charge in [0.05, 0.1) is 28.5 Å². The third kappa shape index (κ3) is 4.54. The van der Waals surface area contributed by atoms with Crippen molar-refractivity contribution in [1.82, 2.24) is 0 Å². The van der Waals surface area contributed by atoms with Crippen molar-refractivity contribution < 1.29 is 31.6 Å². The summed E-state index contributed by atoms with van der Waals surface area (Å²) in [6.07, 6.45) is -3.49. The van der Waals surface area contributed by atoms with Gasteiger partial charge in [0, 0.05) is 11.8 Å². The van der Waals surface area contributed by atoms with Crippen molar-refractivity contribution in [3.05, 3.63) is 33.4 Å². The van der Waals surface area contributed by atoms with E-state index in [0.29, 0.717) is 6.07 Å². The Kier molecular flexibility index (Phi) is 6.27. The Hall–Kier alpha value is -1.53. The van der Waals surface area contributed by atoms with Crippen LogP contribution in [-0.4, -0.2) is 47.9 Å². The number of nitro benzene ring substituents is 1. The summed E-state index contributed by atoms with van der Waals surface area (Å²) in [5.74, 6) is 0.887. The van der Waals surface area contributed by atoms with Gasteiger partial charge in [-0.25, -0.2) is 8.42 Å². The Labute approximate surface area is 165 Å². The second-order valence-electron chi connectivity index (χ2n) is 6.94. The van der Waals surface area contributed by atoms with Gasteiger partial charge in [-0.3, -0.25) is 14.4 Å². The maximum atomic E-state index is 13.3. The van der Waals surface area contributed by atoms with Gasteiger partial charge in [0.15, 0.2) is 0 Å². The maximum absolute atomic E-state index is 13.3. The molecule has 158 valence electrons. The lowest BCUT2D eigenvalue weighted by Gasteiger charge is -2.36. The first-order valence-electron chi connectivity index (χ1n) is 8.38. The molecule has 0 aromatic heterocycles. The van der Waals surface area contributed by atoms with Crippen LogP contribution in [0.3, 0.4) is 0 Å². The number of rotatable bonds is 7. The monoisotopic (exact) mass is 442 g/mol. The van der Waals surface area contributed by atoms with E-state index in [2.05, 4.69) is 0 Å². The molecule has 28 heavy (non-hydrogen) atoms. The van der Waals surface area contributed by atoms with Crippen molar-refractivity contribution in [3.8, 4) is 0 Å². The normalized spacial score (nSPS) is 19.4. The summed E-state index contributed by atoms with van der Waals surface area (Å²) >= 11 is 1.39. The standard InChI is InChI=1S/C16H21F3N2O5S2/c1-4-5-27-9-15(2,22)14-7-10-6-13(21(23)24)11(16(17,18)19)8-12(10)20(14)28(3,25)26/h6,8,14,22H,4-5,7,9H2,1-3H3. The molecule has 2 unspecified atom stereocenters. The van der Waals surface area contributed by atoms with E-state index >= 15 is 0 Å². The summed E-state index contributed by atoms with van der Waals surface area (Å²) in [4.78, 5) is 9.98. The predicted molar refractivity (Wildman–Crippen MR) is 101 cm³/mol. The lowest BCUT2D eigenvalue weighted by atomic mass is 9.95. The van der Waals surface area contributed by atoms with Crippen LogP contribution in [0, 0.1) is 10.1 Å². The fourth-order valence-corrected chi connectivity index (χ4v) is 5.56. The largest absolute Gasteiger partial charge is 0.423 e. The van der Waals surface area contributed by atoms with Crippen molar-refractivity contribution in [2.45, 2.75) is 44.5 Å². The number of sulfonamides is 1. The van der Waals surface area contributed by atoms with Crippen molar-refractivity contribution in [2.75, 3.05) is 22.1 Å². The van der Waals surface area contributed by atoms with Crippen LogP contribution in [0.25, 0.3) is 0 Å². The van der Waals surface area contributed by atoms with Gasteiger partial charge in [0.25, 0.3) is 5.69 Å². The number of halogens is 3. The Bertz CT molecular complexity index is 872. The van der Waals surface area contributed by atoms with Crippen LogP contribution in [0.5, 0.6) is 0 Å². The van der Waals surface area contributed by atoms with E-state index < -0.39 is 44.0 Å². The Morgan fingerprint density at radius 2 is 2.00 bits per heavy atom. The fourth-order valence-electron chi connectivity index (χ4n) is 3.23. The zero-order chi connectivity index (χ0) is 21.5. The van der Waals surface area contributed by atoms with Gasteiger partial charge in [0.2, 0.25) is 10.0 Å². The number of nitrogens with zero attached hydrogens (tertiary/aromatic N) is 2. The number of aliphatic hydroxyl groups is 1. The van der Waals surface area contributed by atoms with E-state index in [1.165, 1.54) is 18.7 Å². The molecule has 0 amide bonds. The third-order valence-electron chi connectivity index (χ3n) is 4.45. The predicted octanol–water partition coefficient (Wildman–Crippen LogP) is 3.20. The van der Waals surface area contributed by atoms with Crippen LogP contribution in [-0.2, 0) is 22.6 Å². The smallest absolute Gasteiger partial charge is 0.387 e. The lowest BCUT2D eigenvalue weighted by molar-refractivity contribution is -0.388. The van der Waals surface area contributed by atoms with Gasteiger partial charge in [-0.15, -0.1) is 0 Å². The highest BCUT2D eigenvalue weighted by atomic mass is 32.2. The summed E-state index contributed by atoms with van der Waals surface area (Å²) in [5, 5.41) is 22.0. The Balaban J connectivity index is 2.61.